The number of fused-ring (bicyclic) bond motifs is 1. The molecule has 1 aliphatic rings. The third-order valence-corrected chi connectivity index (χ3v) is 5.13. The number of hydrogen-bond acceptors (Lipinski definition) is 5. The summed E-state index contributed by atoms with van der Waals surface area (Å²) in [6, 6.07) is 9.76. The van der Waals surface area contributed by atoms with E-state index >= 15 is 0 Å². The highest BCUT2D eigenvalue weighted by molar-refractivity contribution is 7.17. The number of rotatable bonds is 3. The number of carbonyl (C=O) groups is 1. The minimum absolute atomic E-state index is 0.0364. The van der Waals surface area contributed by atoms with Gasteiger partial charge in [-0.05, 0) is 5.56 Å². The minimum atomic E-state index is -0.199. The van der Waals surface area contributed by atoms with Gasteiger partial charge < -0.3 is 14.6 Å². The fourth-order valence-corrected chi connectivity index (χ4v) is 3.94. The number of hydrogen-bond donors (Lipinski definition) is 1. The fraction of sp³-hybridized carbons (Fsp3) is 0.278. The normalized spacial score (nSPS) is 14.8. The molecule has 0 saturated carbocycles. The molecule has 0 spiro atoms. The van der Waals surface area contributed by atoms with Gasteiger partial charge in [-0.1, -0.05) is 30.3 Å². The summed E-state index contributed by atoms with van der Waals surface area (Å²) in [7, 11) is 0. The van der Waals surface area contributed by atoms with E-state index < -0.39 is 0 Å². The number of amides is 1. The van der Waals surface area contributed by atoms with E-state index in [-0.39, 0.29) is 17.9 Å². The first kappa shape index (κ1) is 16.0. The highest BCUT2D eigenvalue weighted by Gasteiger charge is 2.19. The van der Waals surface area contributed by atoms with Gasteiger partial charge in [0.2, 0.25) is 5.91 Å². The molecule has 25 heavy (non-hydrogen) atoms. The van der Waals surface area contributed by atoms with Crippen LogP contribution in [0.4, 0.5) is 0 Å². The summed E-state index contributed by atoms with van der Waals surface area (Å²) in [5.74, 6) is 0.376. The molecule has 0 radical (unpaired) electrons. The van der Waals surface area contributed by atoms with Crippen LogP contribution in [0.2, 0.25) is 0 Å². The highest BCUT2D eigenvalue weighted by Crippen LogP contribution is 2.30. The molecule has 2 aromatic heterocycles. The van der Waals surface area contributed by atoms with E-state index in [1.54, 1.807) is 4.90 Å². The number of nitrogens with one attached hydrogen (secondary N) is 1. The lowest BCUT2D eigenvalue weighted by Crippen LogP contribution is -2.41. The summed E-state index contributed by atoms with van der Waals surface area (Å²) in [5.41, 5.74) is 1.66. The first-order valence-electron chi connectivity index (χ1n) is 8.14. The van der Waals surface area contributed by atoms with Gasteiger partial charge in [0, 0.05) is 24.0 Å². The van der Waals surface area contributed by atoms with Crippen molar-refractivity contribution < 1.29 is 9.53 Å². The molecule has 3 aromatic rings. The smallest absolute Gasteiger partial charge is 0.260 e. The van der Waals surface area contributed by atoms with Crippen molar-refractivity contribution in [1.29, 1.82) is 0 Å². The summed E-state index contributed by atoms with van der Waals surface area (Å²) in [4.78, 5) is 34.6. The quantitative estimate of drug-likeness (QED) is 0.780. The summed E-state index contributed by atoms with van der Waals surface area (Å²) < 4.78 is 5.26. The van der Waals surface area contributed by atoms with Crippen molar-refractivity contribution in [2.24, 2.45) is 0 Å². The first-order valence-corrected chi connectivity index (χ1v) is 9.01. The molecule has 0 unspecified atom stereocenters. The highest BCUT2D eigenvalue weighted by atomic mass is 32.1. The minimum Gasteiger partial charge on any atom is -0.378 e. The van der Waals surface area contributed by atoms with Crippen LogP contribution in [0, 0.1) is 0 Å². The van der Waals surface area contributed by atoms with Crippen LogP contribution in [0.1, 0.15) is 5.82 Å². The SMILES string of the molecule is O=C(Cc1nc2scc(-c3ccccc3)c2c(=O)[nH]1)N1CCOCC1. The van der Waals surface area contributed by atoms with Crippen molar-refractivity contribution in [3.63, 3.8) is 0 Å². The summed E-state index contributed by atoms with van der Waals surface area (Å²) in [6.45, 7) is 2.28. The van der Waals surface area contributed by atoms with Gasteiger partial charge in [0.1, 0.15) is 10.7 Å². The van der Waals surface area contributed by atoms with E-state index in [1.165, 1.54) is 11.3 Å². The second kappa shape index (κ2) is 6.78. The Morgan fingerprint density at radius 1 is 1.24 bits per heavy atom. The molecule has 3 heterocycles. The third kappa shape index (κ3) is 3.20. The van der Waals surface area contributed by atoms with Crippen LogP contribution in [0.15, 0.2) is 40.5 Å². The lowest BCUT2D eigenvalue weighted by molar-refractivity contribution is -0.134. The topological polar surface area (TPSA) is 75.3 Å². The molecule has 6 nitrogen and oxygen atoms in total. The number of aromatic nitrogens is 2. The molecule has 7 heteroatoms. The van der Waals surface area contributed by atoms with Gasteiger partial charge in [-0.15, -0.1) is 11.3 Å². The number of H-pyrrole nitrogens is 1. The molecule has 128 valence electrons. The van der Waals surface area contributed by atoms with Gasteiger partial charge >= 0.3 is 0 Å². The van der Waals surface area contributed by atoms with E-state index in [0.29, 0.717) is 42.3 Å². The Hall–Kier alpha value is -2.51. The molecule has 1 amide bonds. The van der Waals surface area contributed by atoms with Crippen LogP contribution in [0.3, 0.4) is 0 Å². The monoisotopic (exact) mass is 355 g/mol. The van der Waals surface area contributed by atoms with Crippen LogP contribution in [0.25, 0.3) is 21.3 Å². The Bertz CT molecular complexity index is 959. The Morgan fingerprint density at radius 3 is 2.76 bits per heavy atom. The molecule has 1 N–H and O–H groups in total. The number of ether oxygens (including phenoxy) is 1. The molecule has 4 rings (SSSR count). The van der Waals surface area contributed by atoms with Gasteiger partial charge in [0.15, 0.2) is 0 Å². The van der Waals surface area contributed by atoms with Crippen LogP contribution in [-0.2, 0) is 16.0 Å². The maximum absolute atomic E-state index is 12.6. The third-order valence-electron chi connectivity index (χ3n) is 4.26. The van der Waals surface area contributed by atoms with Crippen LogP contribution in [0.5, 0.6) is 0 Å². The second-order valence-corrected chi connectivity index (χ2v) is 6.74. The Balaban J connectivity index is 1.65. The molecular formula is C18H17N3O3S. The van der Waals surface area contributed by atoms with E-state index in [9.17, 15) is 9.59 Å². The Labute approximate surface area is 148 Å². The van der Waals surface area contributed by atoms with Crippen LogP contribution >= 0.6 is 11.3 Å². The van der Waals surface area contributed by atoms with Gasteiger partial charge in [-0.25, -0.2) is 4.98 Å². The van der Waals surface area contributed by atoms with Gasteiger partial charge in [-0.2, -0.15) is 0 Å². The standard InChI is InChI=1S/C18H17N3O3S/c22-15(21-6-8-24-9-7-21)10-14-19-17(23)16-13(11-25-18(16)20-14)12-4-2-1-3-5-12/h1-5,11H,6-10H2,(H,19,20,23). The van der Waals surface area contributed by atoms with E-state index in [4.69, 9.17) is 4.74 Å². The Kier molecular flexibility index (Phi) is 4.33. The number of thiophene rings is 1. The number of benzene rings is 1. The molecule has 1 aromatic carbocycles. The average Bonchev–Trinajstić information content (AvgIpc) is 3.08. The molecule has 1 fully saturated rings. The van der Waals surface area contributed by atoms with Crippen molar-refractivity contribution in [1.82, 2.24) is 14.9 Å². The van der Waals surface area contributed by atoms with E-state index in [2.05, 4.69) is 9.97 Å². The largest absolute Gasteiger partial charge is 0.378 e. The van der Waals surface area contributed by atoms with E-state index in [1.807, 2.05) is 35.7 Å². The fourth-order valence-electron chi connectivity index (χ4n) is 2.98. The van der Waals surface area contributed by atoms with Crippen LogP contribution < -0.4 is 5.56 Å². The maximum atomic E-state index is 12.6. The predicted molar refractivity (Wildman–Crippen MR) is 96.8 cm³/mol. The molecular weight excluding hydrogens is 338 g/mol. The maximum Gasteiger partial charge on any atom is 0.260 e. The van der Waals surface area contributed by atoms with Gasteiger partial charge in [0.05, 0.1) is 25.0 Å². The molecule has 0 atom stereocenters. The summed E-state index contributed by atoms with van der Waals surface area (Å²) >= 11 is 1.42. The first-order chi connectivity index (χ1) is 12.2. The van der Waals surface area contributed by atoms with E-state index in [0.717, 1.165) is 11.1 Å². The Morgan fingerprint density at radius 2 is 2.00 bits per heavy atom. The number of carbonyl (C=O) groups excluding carboxylic acids is 1. The number of nitrogens with zero attached hydrogens (tertiary/aromatic N) is 2. The molecule has 1 aliphatic heterocycles. The molecule has 0 bridgehead atoms. The molecule has 1 saturated heterocycles. The van der Waals surface area contributed by atoms with Crippen molar-refractivity contribution in [2.45, 2.75) is 6.42 Å². The number of aromatic amines is 1. The number of morpholine rings is 1. The van der Waals surface area contributed by atoms with Crippen molar-refractivity contribution in [3.8, 4) is 11.1 Å². The predicted octanol–water partition coefficient (Wildman–Crippen LogP) is 2.05. The van der Waals surface area contributed by atoms with Gasteiger partial charge in [0.25, 0.3) is 5.56 Å². The lowest BCUT2D eigenvalue weighted by atomic mass is 10.1. The summed E-state index contributed by atoms with van der Waals surface area (Å²) in [6.07, 6.45) is 0.101. The average molecular weight is 355 g/mol. The zero-order valence-corrected chi connectivity index (χ0v) is 14.3. The van der Waals surface area contributed by atoms with Crippen molar-refractivity contribution in [3.05, 3.63) is 51.9 Å². The zero-order chi connectivity index (χ0) is 17.2. The molecule has 0 aliphatic carbocycles. The van der Waals surface area contributed by atoms with Gasteiger partial charge in [-0.3, -0.25) is 9.59 Å². The zero-order valence-electron chi connectivity index (χ0n) is 13.5. The lowest BCUT2D eigenvalue weighted by Gasteiger charge is -2.26. The van der Waals surface area contributed by atoms with Crippen molar-refractivity contribution >= 4 is 27.5 Å². The van der Waals surface area contributed by atoms with Crippen molar-refractivity contribution in [2.75, 3.05) is 26.3 Å². The second-order valence-electron chi connectivity index (χ2n) is 5.88. The van der Waals surface area contributed by atoms with Crippen LogP contribution in [-0.4, -0.2) is 47.1 Å². The summed E-state index contributed by atoms with van der Waals surface area (Å²) in [5, 5.41) is 2.52.